The van der Waals surface area contributed by atoms with Crippen LogP contribution in [0.2, 0.25) is 5.02 Å². The van der Waals surface area contributed by atoms with E-state index in [1.807, 2.05) is 13.0 Å². The van der Waals surface area contributed by atoms with Gasteiger partial charge in [-0.15, -0.1) is 0 Å². The summed E-state index contributed by atoms with van der Waals surface area (Å²) in [5.41, 5.74) is 2.22. The van der Waals surface area contributed by atoms with Gasteiger partial charge >= 0.3 is 0 Å². The third-order valence-electron chi connectivity index (χ3n) is 13.5. The van der Waals surface area contributed by atoms with Crippen LogP contribution in [0.15, 0.2) is 41.3 Å². The van der Waals surface area contributed by atoms with Gasteiger partial charge in [-0.2, -0.15) is 4.98 Å². The molecule has 3 N–H and O–H groups in total. The Labute approximate surface area is 384 Å². The Morgan fingerprint density at radius 1 is 0.955 bits per heavy atom. The number of fused-ring (bicyclic) bond motifs is 2. The van der Waals surface area contributed by atoms with Crippen molar-refractivity contribution in [2.24, 2.45) is 0 Å². The fourth-order valence-electron chi connectivity index (χ4n) is 9.79. The maximum absolute atomic E-state index is 16.2. The fourth-order valence-corrected chi connectivity index (χ4v) is 9.93. The molecule has 5 amide bonds. The lowest BCUT2D eigenvalue weighted by molar-refractivity contribution is -0.136. The normalized spacial score (nSPS) is 21.6. The molecule has 1 saturated carbocycles. The van der Waals surface area contributed by atoms with Crippen molar-refractivity contribution >= 4 is 75.2 Å². The second-order valence-corrected chi connectivity index (χ2v) is 18.2. The molecule has 6 heterocycles. The minimum Gasteiger partial charge on any atom is -0.478 e. The van der Waals surface area contributed by atoms with Crippen molar-refractivity contribution in [1.29, 1.82) is 0 Å². The Balaban J connectivity index is 0.762. The molecule has 2 aromatic heterocycles. The molecule has 5 aliphatic rings. The van der Waals surface area contributed by atoms with E-state index in [1.54, 1.807) is 26.0 Å². The number of carbonyl (C=O) groups is 5. The van der Waals surface area contributed by atoms with Crippen molar-refractivity contribution in [3.05, 3.63) is 74.4 Å². The Kier molecular flexibility index (Phi) is 12.4. The second kappa shape index (κ2) is 18.2. The quantitative estimate of drug-likeness (QED) is 0.172. The van der Waals surface area contributed by atoms with Crippen LogP contribution in [0.3, 0.4) is 0 Å². The molecular weight excluding hydrogens is 875 g/mol. The van der Waals surface area contributed by atoms with E-state index in [-0.39, 0.29) is 64.3 Å². The van der Waals surface area contributed by atoms with Crippen LogP contribution in [-0.2, 0) is 19.1 Å². The van der Waals surface area contributed by atoms with Crippen LogP contribution in [0, 0.1) is 12.7 Å². The average molecular weight is 927 g/mol. The predicted molar refractivity (Wildman–Crippen MR) is 243 cm³/mol. The van der Waals surface area contributed by atoms with Crippen molar-refractivity contribution < 1.29 is 37.8 Å². The predicted octanol–water partition coefficient (Wildman–Crippen LogP) is 4.08. The number of nitrogens with one attached hydrogen (secondary N) is 3. The van der Waals surface area contributed by atoms with E-state index in [1.165, 1.54) is 29.9 Å². The number of benzene rings is 2. The smallest absolute Gasteiger partial charge is 0.293 e. The molecule has 2 aromatic carbocycles. The van der Waals surface area contributed by atoms with Crippen molar-refractivity contribution in [3.8, 4) is 5.75 Å². The number of halogens is 2. The van der Waals surface area contributed by atoms with Gasteiger partial charge in [0.25, 0.3) is 23.3 Å². The van der Waals surface area contributed by atoms with Gasteiger partial charge in [0.2, 0.25) is 17.8 Å². The van der Waals surface area contributed by atoms with E-state index < -0.39 is 53.6 Å². The van der Waals surface area contributed by atoms with Crippen LogP contribution in [0.1, 0.15) is 84.7 Å². The lowest BCUT2D eigenvalue weighted by Crippen LogP contribution is -2.56. The largest absolute Gasteiger partial charge is 0.478 e. The fraction of sp³-hybridized carbons (Fsp3) is 0.478. The van der Waals surface area contributed by atoms with E-state index in [0.29, 0.717) is 36.2 Å². The molecule has 18 nitrogen and oxygen atoms in total. The molecule has 9 rings (SSSR count). The molecule has 4 fully saturated rings. The summed E-state index contributed by atoms with van der Waals surface area (Å²) in [5, 5.41) is 8.03. The van der Waals surface area contributed by atoms with E-state index in [2.05, 4.69) is 40.6 Å². The first kappa shape index (κ1) is 45.0. The molecule has 20 heteroatoms. The highest BCUT2D eigenvalue weighted by molar-refractivity contribution is 6.33. The Hall–Kier alpha value is -6.18. The van der Waals surface area contributed by atoms with E-state index in [0.717, 1.165) is 68.0 Å². The summed E-state index contributed by atoms with van der Waals surface area (Å²) in [5.74, 6) is -2.57. The van der Waals surface area contributed by atoms with Gasteiger partial charge in [0.15, 0.2) is 24.0 Å². The highest BCUT2D eigenvalue weighted by Gasteiger charge is 2.46. The third-order valence-corrected chi connectivity index (χ3v) is 13.7. The maximum atomic E-state index is 16.2. The molecule has 0 radical (unpaired) electrons. The Morgan fingerprint density at radius 2 is 1.70 bits per heavy atom. The molecule has 0 spiro atoms. The summed E-state index contributed by atoms with van der Waals surface area (Å²) in [6.07, 6.45) is 5.42. The lowest BCUT2D eigenvalue weighted by atomic mass is 9.87. The first-order valence-corrected chi connectivity index (χ1v) is 22.8. The number of piperazine rings is 1. The highest BCUT2D eigenvalue weighted by Crippen LogP contribution is 2.37. The number of hydrogen-bond donors (Lipinski definition) is 3. The Bertz CT molecular complexity index is 2690. The van der Waals surface area contributed by atoms with Gasteiger partial charge in [0.05, 0.1) is 40.7 Å². The average Bonchev–Trinajstić information content (AvgIpc) is 3.54. The number of imide groups is 2. The van der Waals surface area contributed by atoms with Gasteiger partial charge in [0.1, 0.15) is 11.1 Å². The maximum Gasteiger partial charge on any atom is 0.293 e. The molecule has 4 aliphatic heterocycles. The van der Waals surface area contributed by atoms with E-state index in [9.17, 15) is 28.8 Å². The van der Waals surface area contributed by atoms with Crippen molar-refractivity contribution in [2.45, 2.75) is 89.6 Å². The number of amides is 5. The number of pyridine rings is 1. The number of anilines is 4. The highest BCUT2D eigenvalue weighted by atomic mass is 35.5. The first-order valence-electron chi connectivity index (χ1n) is 22.5. The summed E-state index contributed by atoms with van der Waals surface area (Å²) in [6, 6.07) is 7.16. The number of aromatic nitrogens is 3. The van der Waals surface area contributed by atoms with Gasteiger partial charge in [-0.1, -0.05) is 11.6 Å². The monoisotopic (exact) mass is 926 g/mol. The molecule has 4 aromatic rings. The number of hydrogen-bond acceptors (Lipinski definition) is 14. The minimum absolute atomic E-state index is 0.0743. The molecule has 0 unspecified atom stereocenters. The number of carbonyl (C=O) groups excluding carboxylic acids is 5. The molecule has 66 heavy (non-hydrogen) atoms. The summed E-state index contributed by atoms with van der Waals surface area (Å²) < 4.78 is 29.7. The molecule has 0 bridgehead atoms. The molecule has 348 valence electrons. The number of ether oxygens (including phenoxy) is 2. The SMILES string of the molecule is CNC(=O)COc1cc2c(F)c(Nc3nc(N4CCC(OC5CC(N6CCN(c7ccc8c(c7C)C(=O)N([C@@H]7CCC(=O)NC7=O)C8=O)CC6)C5)CC4)ncc3Cl)ccc2n(C(C)C)c1=O. The number of likely N-dealkylation sites (N-methyl/N-ethyl adjacent to an activating group) is 1. The summed E-state index contributed by atoms with van der Waals surface area (Å²) in [7, 11) is 1.45. The topological polar surface area (TPSA) is 201 Å². The van der Waals surface area contributed by atoms with Gasteiger partial charge in [-0.05, 0) is 88.8 Å². The number of nitrogens with zero attached hydrogens (tertiary/aromatic N) is 7. The summed E-state index contributed by atoms with van der Waals surface area (Å²) in [6.45, 7) is 9.62. The van der Waals surface area contributed by atoms with Crippen LogP contribution < -0.4 is 36.0 Å². The van der Waals surface area contributed by atoms with Crippen LogP contribution in [-0.4, -0.2) is 131 Å². The third kappa shape index (κ3) is 8.43. The van der Waals surface area contributed by atoms with Crippen molar-refractivity contribution in [1.82, 2.24) is 35.0 Å². The first-order chi connectivity index (χ1) is 31.7. The van der Waals surface area contributed by atoms with Crippen LogP contribution in [0.5, 0.6) is 5.75 Å². The second-order valence-electron chi connectivity index (χ2n) is 17.8. The summed E-state index contributed by atoms with van der Waals surface area (Å²) >= 11 is 6.53. The van der Waals surface area contributed by atoms with Gasteiger partial charge in [-0.25, -0.2) is 9.37 Å². The van der Waals surface area contributed by atoms with Crippen LogP contribution in [0.25, 0.3) is 10.9 Å². The Morgan fingerprint density at radius 3 is 2.39 bits per heavy atom. The van der Waals surface area contributed by atoms with Crippen LogP contribution in [0.4, 0.5) is 27.5 Å². The van der Waals surface area contributed by atoms with Crippen molar-refractivity contribution in [3.63, 3.8) is 0 Å². The standard InChI is InChI=1S/C46H52ClFN10O8/c1-24(2)57-34-8-6-32(40(48)30(34)21-36(44(57)63)65-23-38(60)49-4)51-41-31(47)22-50-46(53-41)56-13-11-27(12-14-56)66-28-19-26(20-28)54-15-17-55(18-16-54)33-7-5-29-39(25(33)3)45(64)58(43(29)62)35-9-10-37(59)52-42(35)61/h5-8,21-22,24,26-28,35H,9-20,23H2,1-4H3,(H,49,60)(H,50,51,53)(H,52,59,61)/t26?,28?,35-/m1/s1. The zero-order valence-electron chi connectivity index (χ0n) is 37.2. The van der Waals surface area contributed by atoms with Crippen LogP contribution >= 0.6 is 11.6 Å². The zero-order chi connectivity index (χ0) is 46.6. The molecular formula is C46H52ClFN10O8. The number of rotatable bonds is 12. The van der Waals surface area contributed by atoms with E-state index >= 15 is 4.39 Å². The molecule has 1 aliphatic carbocycles. The van der Waals surface area contributed by atoms with Gasteiger partial charge in [0, 0.05) is 75.9 Å². The lowest BCUT2D eigenvalue weighted by Gasteiger charge is -2.48. The van der Waals surface area contributed by atoms with Crippen molar-refractivity contribution in [2.75, 3.05) is 68.0 Å². The number of piperidine rings is 2. The van der Waals surface area contributed by atoms with Gasteiger partial charge in [-0.3, -0.25) is 43.9 Å². The summed E-state index contributed by atoms with van der Waals surface area (Å²) in [4.78, 5) is 93.2. The minimum atomic E-state index is -0.999. The molecule has 3 saturated heterocycles. The zero-order valence-corrected chi connectivity index (χ0v) is 38.0. The van der Waals surface area contributed by atoms with E-state index in [4.69, 9.17) is 21.1 Å². The molecule has 1 atom stereocenters. The van der Waals surface area contributed by atoms with Gasteiger partial charge < -0.3 is 34.5 Å².